The van der Waals surface area contributed by atoms with E-state index in [9.17, 15) is 9.59 Å². The molecule has 0 saturated heterocycles. The number of furan rings is 1. The molecule has 7 nitrogen and oxygen atoms in total. The Hall–Kier alpha value is -3.13. The maximum Gasteiger partial charge on any atom is 0.260 e. The second-order valence-electron chi connectivity index (χ2n) is 6.46. The first kappa shape index (κ1) is 18.2. The molecule has 2 amide bonds. The number of hydrogen-bond donors (Lipinski definition) is 2. The van der Waals surface area contributed by atoms with E-state index >= 15 is 0 Å². The van der Waals surface area contributed by atoms with Gasteiger partial charge in [-0.25, -0.2) is 4.98 Å². The zero-order chi connectivity index (χ0) is 19.5. The first-order chi connectivity index (χ1) is 13.6. The first-order valence-corrected chi connectivity index (χ1v) is 9.79. The van der Waals surface area contributed by atoms with Crippen molar-refractivity contribution in [1.29, 1.82) is 0 Å². The fourth-order valence-corrected chi connectivity index (χ4v) is 3.84. The maximum atomic E-state index is 12.5. The van der Waals surface area contributed by atoms with E-state index in [4.69, 9.17) is 9.15 Å². The van der Waals surface area contributed by atoms with Crippen LogP contribution < -0.4 is 15.4 Å². The number of anilines is 1. The van der Waals surface area contributed by atoms with E-state index in [2.05, 4.69) is 15.6 Å². The van der Waals surface area contributed by atoms with Gasteiger partial charge in [0.05, 0.1) is 36.6 Å². The van der Waals surface area contributed by atoms with Crippen molar-refractivity contribution in [2.24, 2.45) is 0 Å². The Morgan fingerprint density at radius 3 is 2.96 bits per heavy atom. The Kier molecular flexibility index (Phi) is 5.12. The highest BCUT2D eigenvalue weighted by Crippen LogP contribution is 2.31. The molecule has 0 radical (unpaired) electrons. The number of aryl methyl sites for hydroxylation is 1. The summed E-state index contributed by atoms with van der Waals surface area (Å²) in [5.74, 6) is 0.962. The van der Waals surface area contributed by atoms with Gasteiger partial charge in [0.25, 0.3) is 5.91 Å². The van der Waals surface area contributed by atoms with E-state index < -0.39 is 0 Å². The standard InChI is InChI=1S/C20H19N3O4S/c1-12-14(6-8-26-12)19(25)23-20-21-13(11-28-20)10-18(24)22-16-7-9-27-17-5-3-2-4-15(16)17/h2-6,8,11,16H,7,9-10H2,1H3,(H,22,24)(H,21,23,25)/t16-/m0/s1. The van der Waals surface area contributed by atoms with Gasteiger partial charge in [0.15, 0.2) is 5.13 Å². The smallest absolute Gasteiger partial charge is 0.260 e. The monoisotopic (exact) mass is 397 g/mol. The lowest BCUT2D eigenvalue weighted by atomic mass is 10.0. The molecule has 4 rings (SSSR count). The predicted octanol–water partition coefficient (Wildman–Crippen LogP) is 3.48. The molecule has 0 spiro atoms. The van der Waals surface area contributed by atoms with Gasteiger partial charge in [-0.2, -0.15) is 0 Å². The van der Waals surface area contributed by atoms with Crippen molar-refractivity contribution < 1.29 is 18.7 Å². The van der Waals surface area contributed by atoms with Crippen LogP contribution in [0, 0.1) is 6.92 Å². The number of para-hydroxylation sites is 1. The molecule has 0 unspecified atom stereocenters. The van der Waals surface area contributed by atoms with Crippen LogP contribution in [0.3, 0.4) is 0 Å². The number of nitrogens with zero attached hydrogens (tertiary/aromatic N) is 1. The first-order valence-electron chi connectivity index (χ1n) is 8.91. The summed E-state index contributed by atoms with van der Waals surface area (Å²) in [5.41, 5.74) is 2.07. The minimum Gasteiger partial charge on any atom is -0.493 e. The predicted molar refractivity (Wildman–Crippen MR) is 105 cm³/mol. The van der Waals surface area contributed by atoms with Crippen LogP contribution in [0.2, 0.25) is 0 Å². The molecule has 28 heavy (non-hydrogen) atoms. The number of ether oxygens (including phenoxy) is 1. The molecule has 2 N–H and O–H groups in total. The van der Waals surface area contributed by atoms with Crippen LogP contribution in [0.1, 0.15) is 39.8 Å². The van der Waals surface area contributed by atoms with E-state index in [1.807, 2.05) is 24.3 Å². The van der Waals surface area contributed by atoms with Crippen LogP contribution >= 0.6 is 11.3 Å². The van der Waals surface area contributed by atoms with E-state index in [0.29, 0.717) is 28.8 Å². The fourth-order valence-electron chi connectivity index (χ4n) is 3.13. The van der Waals surface area contributed by atoms with Crippen LogP contribution in [-0.4, -0.2) is 23.4 Å². The Morgan fingerprint density at radius 1 is 1.29 bits per heavy atom. The van der Waals surface area contributed by atoms with Gasteiger partial charge in [0.2, 0.25) is 5.91 Å². The SMILES string of the molecule is Cc1occc1C(=O)Nc1nc(CC(=O)N[C@H]2CCOc3ccccc32)cs1. The second kappa shape index (κ2) is 7.85. The largest absolute Gasteiger partial charge is 0.493 e. The van der Waals surface area contributed by atoms with Gasteiger partial charge in [0.1, 0.15) is 11.5 Å². The third-order valence-electron chi connectivity index (χ3n) is 4.51. The molecule has 2 aromatic heterocycles. The van der Waals surface area contributed by atoms with Crippen LogP contribution in [0.25, 0.3) is 0 Å². The highest BCUT2D eigenvalue weighted by atomic mass is 32.1. The molecule has 0 bridgehead atoms. The van der Waals surface area contributed by atoms with Crippen molar-refractivity contribution in [2.45, 2.75) is 25.8 Å². The number of benzene rings is 1. The number of rotatable bonds is 5. The number of nitrogens with one attached hydrogen (secondary N) is 2. The number of hydrogen-bond acceptors (Lipinski definition) is 6. The Morgan fingerprint density at radius 2 is 2.14 bits per heavy atom. The minimum absolute atomic E-state index is 0.0701. The number of thiazole rings is 1. The zero-order valence-electron chi connectivity index (χ0n) is 15.2. The molecule has 8 heteroatoms. The molecule has 1 aromatic carbocycles. The van der Waals surface area contributed by atoms with Crippen LogP contribution in [0.15, 0.2) is 46.4 Å². The van der Waals surface area contributed by atoms with Crippen LogP contribution in [0.4, 0.5) is 5.13 Å². The Balaban J connectivity index is 1.36. The molecule has 1 aliphatic rings. The highest BCUT2D eigenvalue weighted by molar-refractivity contribution is 7.14. The molecule has 3 heterocycles. The third kappa shape index (κ3) is 3.91. The van der Waals surface area contributed by atoms with E-state index in [1.165, 1.54) is 17.6 Å². The zero-order valence-corrected chi connectivity index (χ0v) is 16.0. The second-order valence-corrected chi connectivity index (χ2v) is 7.32. The molecule has 0 fully saturated rings. The normalized spacial score (nSPS) is 15.4. The van der Waals surface area contributed by atoms with Crippen LogP contribution in [-0.2, 0) is 11.2 Å². The van der Waals surface area contributed by atoms with Gasteiger partial charge in [-0.15, -0.1) is 11.3 Å². The summed E-state index contributed by atoms with van der Waals surface area (Å²) in [5, 5.41) is 8.00. The quantitative estimate of drug-likeness (QED) is 0.687. The van der Waals surface area contributed by atoms with Crippen molar-refractivity contribution in [3.63, 3.8) is 0 Å². The molecule has 144 valence electrons. The number of aromatic nitrogens is 1. The topological polar surface area (TPSA) is 93.5 Å². The van der Waals surface area contributed by atoms with Crippen molar-refractivity contribution in [3.8, 4) is 5.75 Å². The van der Waals surface area contributed by atoms with Gasteiger partial charge in [-0.05, 0) is 19.1 Å². The van der Waals surface area contributed by atoms with Gasteiger partial charge in [-0.3, -0.25) is 14.9 Å². The molecular formula is C20H19N3O4S. The fraction of sp³-hybridized carbons (Fsp3) is 0.250. The number of carbonyl (C=O) groups is 2. The third-order valence-corrected chi connectivity index (χ3v) is 5.32. The van der Waals surface area contributed by atoms with Gasteiger partial charge in [0, 0.05) is 17.4 Å². The van der Waals surface area contributed by atoms with Crippen molar-refractivity contribution >= 4 is 28.3 Å². The lowest BCUT2D eigenvalue weighted by Gasteiger charge is -2.26. The number of fused-ring (bicyclic) bond motifs is 1. The van der Waals surface area contributed by atoms with E-state index in [1.54, 1.807) is 18.4 Å². The number of carbonyl (C=O) groups excluding carboxylic acids is 2. The molecule has 0 saturated carbocycles. The lowest BCUT2D eigenvalue weighted by Crippen LogP contribution is -2.33. The van der Waals surface area contributed by atoms with E-state index in [0.717, 1.165) is 17.7 Å². The average Bonchev–Trinajstić information content (AvgIpc) is 3.30. The molecule has 1 atom stereocenters. The Bertz CT molecular complexity index is 1010. The van der Waals surface area contributed by atoms with Gasteiger partial charge < -0.3 is 14.5 Å². The summed E-state index contributed by atoms with van der Waals surface area (Å²) < 4.78 is 10.8. The summed E-state index contributed by atoms with van der Waals surface area (Å²) in [6, 6.07) is 9.26. The summed E-state index contributed by atoms with van der Waals surface area (Å²) in [6.07, 6.45) is 2.35. The lowest BCUT2D eigenvalue weighted by molar-refractivity contribution is -0.121. The summed E-state index contributed by atoms with van der Waals surface area (Å²) in [7, 11) is 0. The van der Waals surface area contributed by atoms with Crippen molar-refractivity contribution in [2.75, 3.05) is 11.9 Å². The van der Waals surface area contributed by atoms with Crippen LogP contribution in [0.5, 0.6) is 5.75 Å². The highest BCUT2D eigenvalue weighted by Gasteiger charge is 2.23. The molecular weight excluding hydrogens is 378 g/mol. The minimum atomic E-state index is -0.282. The molecule has 1 aliphatic heterocycles. The van der Waals surface area contributed by atoms with E-state index in [-0.39, 0.29) is 24.3 Å². The summed E-state index contributed by atoms with van der Waals surface area (Å²) >= 11 is 1.28. The average molecular weight is 397 g/mol. The van der Waals surface area contributed by atoms with Crippen molar-refractivity contribution in [3.05, 3.63) is 64.6 Å². The number of amides is 2. The maximum absolute atomic E-state index is 12.5. The Labute approximate surface area is 165 Å². The summed E-state index contributed by atoms with van der Waals surface area (Å²) in [4.78, 5) is 29.0. The molecule has 0 aliphatic carbocycles. The van der Waals surface area contributed by atoms with Crippen molar-refractivity contribution in [1.82, 2.24) is 10.3 Å². The van der Waals surface area contributed by atoms with Gasteiger partial charge >= 0.3 is 0 Å². The molecule has 3 aromatic rings. The summed E-state index contributed by atoms with van der Waals surface area (Å²) in [6.45, 7) is 2.29. The van der Waals surface area contributed by atoms with Gasteiger partial charge in [-0.1, -0.05) is 18.2 Å².